The van der Waals surface area contributed by atoms with Crippen molar-refractivity contribution in [2.75, 3.05) is 33.4 Å². The van der Waals surface area contributed by atoms with Gasteiger partial charge in [0, 0.05) is 56.7 Å². The molecule has 2 fully saturated rings. The Morgan fingerprint density at radius 3 is 2.84 bits per heavy atom. The van der Waals surface area contributed by atoms with Crippen LogP contribution in [0.1, 0.15) is 54.7 Å². The number of hydrogen-bond acceptors (Lipinski definition) is 7. The number of nitrogens with one attached hydrogen (secondary N) is 1. The second-order valence-electron chi connectivity index (χ2n) is 12.4. The van der Waals surface area contributed by atoms with Crippen molar-refractivity contribution in [2.24, 2.45) is 24.6 Å². The molecule has 4 atom stereocenters. The highest BCUT2D eigenvalue weighted by Gasteiger charge is 2.38. The van der Waals surface area contributed by atoms with Crippen molar-refractivity contribution in [1.29, 1.82) is 0 Å². The number of amides is 2. The van der Waals surface area contributed by atoms with Gasteiger partial charge < -0.3 is 34.6 Å². The topological polar surface area (TPSA) is 130 Å². The highest BCUT2D eigenvalue weighted by Crippen LogP contribution is 2.42. The lowest BCUT2D eigenvalue weighted by Crippen LogP contribution is -2.45. The van der Waals surface area contributed by atoms with Gasteiger partial charge in [-0.1, -0.05) is 0 Å². The highest BCUT2D eigenvalue weighted by atomic mass is 16.5. The van der Waals surface area contributed by atoms with Crippen LogP contribution in [0, 0.1) is 11.8 Å². The summed E-state index contributed by atoms with van der Waals surface area (Å²) >= 11 is 0. The molecule has 1 saturated carbocycles. The number of piperidine rings is 1. The van der Waals surface area contributed by atoms with Crippen molar-refractivity contribution in [2.45, 2.75) is 51.2 Å². The molecule has 0 unspecified atom stereocenters. The SMILES string of the molecule is COc1cc(C(=O)N2CCC[C@@H](N)C2)cc2nc(-c3cc4ccc5nc4n3C[C@@H]3C[C@@H]3COCCC(=O)N[C@@H]5C)n(C)c12. The van der Waals surface area contributed by atoms with Crippen molar-refractivity contribution in [3.8, 4) is 17.3 Å². The summed E-state index contributed by atoms with van der Waals surface area (Å²) in [6, 6.07) is 9.63. The molecule has 0 spiro atoms. The van der Waals surface area contributed by atoms with Crippen LogP contribution in [0.15, 0.2) is 30.3 Å². The molecule has 3 aliphatic rings. The molecule has 43 heavy (non-hydrogen) atoms. The van der Waals surface area contributed by atoms with Gasteiger partial charge in [-0.25, -0.2) is 9.97 Å². The van der Waals surface area contributed by atoms with Crippen LogP contribution in [0.2, 0.25) is 0 Å². The number of carbonyl (C=O) groups is 2. The van der Waals surface area contributed by atoms with Crippen molar-refractivity contribution in [3.05, 3.63) is 41.6 Å². The Balaban J connectivity index is 1.33. The number of nitrogens with two attached hydrogens (primary N) is 1. The fraction of sp³-hybridized carbons (Fsp3) is 0.500. The van der Waals surface area contributed by atoms with Gasteiger partial charge in [-0.3, -0.25) is 9.59 Å². The predicted octanol–water partition coefficient (Wildman–Crippen LogP) is 3.40. The summed E-state index contributed by atoms with van der Waals surface area (Å²) in [5, 5.41) is 4.06. The van der Waals surface area contributed by atoms with Crippen LogP contribution < -0.4 is 15.8 Å². The summed E-state index contributed by atoms with van der Waals surface area (Å²) in [6.07, 6.45) is 3.25. The third kappa shape index (κ3) is 5.14. The lowest BCUT2D eigenvalue weighted by atomic mass is 10.0. The zero-order chi connectivity index (χ0) is 29.8. The first-order valence-corrected chi connectivity index (χ1v) is 15.3. The number of methoxy groups -OCH3 is 1. The van der Waals surface area contributed by atoms with Crippen molar-refractivity contribution in [1.82, 2.24) is 29.3 Å². The van der Waals surface area contributed by atoms with E-state index < -0.39 is 0 Å². The third-order valence-corrected chi connectivity index (χ3v) is 9.25. The van der Waals surface area contributed by atoms with Gasteiger partial charge >= 0.3 is 0 Å². The van der Waals surface area contributed by atoms with E-state index in [1.807, 2.05) is 41.6 Å². The van der Waals surface area contributed by atoms with Gasteiger partial charge in [0.15, 0.2) is 5.82 Å². The molecule has 1 saturated heterocycles. The third-order valence-electron chi connectivity index (χ3n) is 9.25. The number of nitrogens with zero attached hydrogens (tertiary/aromatic N) is 5. The van der Waals surface area contributed by atoms with E-state index in [2.05, 4.69) is 22.0 Å². The second kappa shape index (κ2) is 10.9. The van der Waals surface area contributed by atoms with E-state index >= 15 is 0 Å². The molecule has 2 aliphatic heterocycles. The molecule has 4 aromatic rings. The molecule has 1 aliphatic carbocycles. The number of hydrogen-bond donors (Lipinski definition) is 2. The maximum atomic E-state index is 13.5. The Bertz CT molecular complexity index is 1730. The lowest BCUT2D eigenvalue weighted by Gasteiger charge is -2.30. The Morgan fingerprint density at radius 2 is 2.02 bits per heavy atom. The van der Waals surface area contributed by atoms with E-state index in [9.17, 15) is 9.59 Å². The van der Waals surface area contributed by atoms with Gasteiger partial charge in [-0.2, -0.15) is 0 Å². The van der Waals surface area contributed by atoms with Crippen LogP contribution in [0.4, 0.5) is 0 Å². The molecule has 11 nitrogen and oxygen atoms in total. The number of aryl methyl sites for hydroxylation is 1. The van der Waals surface area contributed by atoms with Gasteiger partial charge in [0.25, 0.3) is 5.91 Å². The monoisotopic (exact) mass is 585 g/mol. The zero-order valence-corrected chi connectivity index (χ0v) is 25.0. The smallest absolute Gasteiger partial charge is 0.254 e. The lowest BCUT2D eigenvalue weighted by molar-refractivity contribution is -0.122. The largest absolute Gasteiger partial charge is 0.494 e. The highest BCUT2D eigenvalue weighted by molar-refractivity contribution is 6.00. The maximum absolute atomic E-state index is 13.5. The van der Waals surface area contributed by atoms with E-state index in [0.717, 1.165) is 59.6 Å². The minimum atomic E-state index is -0.231. The Kier molecular flexibility index (Phi) is 7.09. The summed E-state index contributed by atoms with van der Waals surface area (Å²) in [4.78, 5) is 38.0. The van der Waals surface area contributed by atoms with E-state index in [1.54, 1.807) is 7.11 Å². The number of imidazole rings is 1. The molecule has 2 bridgehead atoms. The number of fused-ring (bicyclic) bond motifs is 3. The number of carbonyl (C=O) groups excluding carboxylic acids is 2. The molecular formula is C32H39N7O4. The number of benzene rings is 1. The summed E-state index contributed by atoms with van der Waals surface area (Å²) in [5.41, 5.74) is 10.9. The van der Waals surface area contributed by atoms with E-state index in [0.29, 0.717) is 61.4 Å². The fourth-order valence-electron chi connectivity index (χ4n) is 6.71. The van der Waals surface area contributed by atoms with E-state index in [4.69, 9.17) is 25.2 Å². The van der Waals surface area contributed by atoms with Crippen molar-refractivity contribution >= 4 is 33.9 Å². The van der Waals surface area contributed by atoms with Crippen LogP contribution in [0.5, 0.6) is 5.75 Å². The van der Waals surface area contributed by atoms with Gasteiger partial charge in [0.2, 0.25) is 5.91 Å². The molecule has 226 valence electrons. The minimum absolute atomic E-state index is 0.000503. The molecule has 3 aromatic heterocycles. The molecular weight excluding hydrogens is 546 g/mol. The first kappa shape index (κ1) is 27.8. The van der Waals surface area contributed by atoms with Gasteiger partial charge in [-0.05, 0) is 68.4 Å². The maximum Gasteiger partial charge on any atom is 0.254 e. The normalized spacial score (nSPS) is 24.6. The Hall–Kier alpha value is -3.96. The number of aromatic nitrogens is 4. The summed E-state index contributed by atoms with van der Waals surface area (Å²) in [6.45, 7) is 5.08. The minimum Gasteiger partial charge on any atom is -0.494 e. The van der Waals surface area contributed by atoms with Crippen LogP contribution in [-0.4, -0.2) is 75.3 Å². The summed E-state index contributed by atoms with van der Waals surface area (Å²) in [7, 11) is 3.61. The molecule has 0 radical (unpaired) electrons. The zero-order valence-electron chi connectivity index (χ0n) is 25.0. The van der Waals surface area contributed by atoms with Gasteiger partial charge in [0.05, 0.1) is 36.7 Å². The van der Waals surface area contributed by atoms with Crippen LogP contribution in [0.25, 0.3) is 33.6 Å². The van der Waals surface area contributed by atoms with Crippen molar-refractivity contribution < 1.29 is 19.1 Å². The number of pyridine rings is 1. The molecule has 2 amide bonds. The molecule has 1 aromatic carbocycles. The molecule has 7 rings (SSSR count). The Morgan fingerprint density at radius 1 is 1.16 bits per heavy atom. The molecule has 5 heterocycles. The second-order valence-corrected chi connectivity index (χ2v) is 12.4. The molecule has 11 heteroatoms. The number of ether oxygens (including phenoxy) is 2. The van der Waals surface area contributed by atoms with Crippen LogP contribution in [0.3, 0.4) is 0 Å². The van der Waals surface area contributed by atoms with Crippen LogP contribution in [-0.2, 0) is 23.1 Å². The summed E-state index contributed by atoms with van der Waals surface area (Å²) in [5.74, 6) is 2.20. The fourth-order valence-corrected chi connectivity index (χ4v) is 6.71. The average Bonchev–Trinajstić information content (AvgIpc) is 3.52. The van der Waals surface area contributed by atoms with Crippen LogP contribution >= 0.6 is 0 Å². The number of rotatable bonds is 3. The van der Waals surface area contributed by atoms with Gasteiger partial charge in [0.1, 0.15) is 16.9 Å². The first-order valence-electron chi connectivity index (χ1n) is 15.3. The van der Waals surface area contributed by atoms with Crippen molar-refractivity contribution in [3.63, 3.8) is 0 Å². The Labute approximate surface area is 250 Å². The van der Waals surface area contributed by atoms with Gasteiger partial charge in [-0.15, -0.1) is 0 Å². The quantitative estimate of drug-likeness (QED) is 0.377. The predicted molar refractivity (Wildman–Crippen MR) is 163 cm³/mol. The summed E-state index contributed by atoms with van der Waals surface area (Å²) < 4.78 is 16.0. The molecule has 3 N–H and O–H groups in total. The van der Waals surface area contributed by atoms with E-state index in [-0.39, 0.29) is 23.9 Å². The first-order chi connectivity index (χ1) is 20.8. The standard InChI is InChI=1S/C32H39N7O4/c1-18-24-7-6-19-13-26(39(30(19)35-24)15-21-11-22(21)17-43-10-8-28(40)34-18)31-36-25-12-20(14-27(42-3)29(25)37(31)2)32(41)38-9-4-5-23(33)16-38/h6-7,12-14,18,21-23H,4-5,8-11,15-17,33H2,1-3H3,(H,34,40)/t18-,21+,22-,23-/m1/s1. The van der Waals surface area contributed by atoms with E-state index in [1.165, 1.54) is 0 Å². The average molecular weight is 586 g/mol. The number of likely N-dealkylation sites (tertiary alicyclic amines) is 1.